The molecule has 4 aliphatic rings. The molecule has 1 aromatic carbocycles. The summed E-state index contributed by atoms with van der Waals surface area (Å²) in [7, 11) is 0. The van der Waals surface area contributed by atoms with Gasteiger partial charge in [-0.05, 0) is 66.2 Å². The van der Waals surface area contributed by atoms with Gasteiger partial charge in [-0.15, -0.1) is 5.10 Å². The lowest BCUT2D eigenvalue weighted by molar-refractivity contribution is -0.140. The molecule has 2 heterocycles. The van der Waals surface area contributed by atoms with E-state index in [1.807, 2.05) is 4.90 Å². The van der Waals surface area contributed by atoms with Crippen molar-refractivity contribution in [3.05, 3.63) is 47.2 Å². The third-order valence-corrected chi connectivity index (χ3v) is 8.23. The van der Waals surface area contributed by atoms with E-state index < -0.39 is 17.0 Å². The van der Waals surface area contributed by atoms with Crippen LogP contribution in [0.4, 0.5) is 8.78 Å². The minimum absolute atomic E-state index is 0.141. The summed E-state index contributed by atoms with van der Waals surface area (Å²) in [5.41, 5.74) is 0.746. The van der Waals surface area contributed by atoms with Crippen LogP contribution in [-0.4, -0.2) is 34.1 Å². The standard InChI is InChI=1S/C23H23F2N3O/c1-22(2)15-6-7-23(22,21(29)28-10-12-8-13(12)11-28)20-14(15)9-18(26-27-20)19-16(24)4-3-5-17(19)25/h3-5,9,12-13,15H,6-8,10-11H2,1-2H3/t12?,13?,15-,23+/m0/s1. The predicted molar refractivity (Wildman–Crippen MR) is 103 cm³/mol. The van der Waals surface area contributed by atoms with Crippen molar-refractivity contribution in [3.63, 3.8) is 0 Å². The number of hydrogen-bond acceptors (Lipinski definition) is 3. The van der Waals surface area contributed by atoms with Crippen LogP contribution in [0.15, 0.2) is 24.3 Å². The first-order valence-electron chi connectivity index (χ1n) is 10.5. The largest absolute Gasteiger partial charge is 0.341 e. The molecule has 1 amide bonds. The minimum atomic E-state index is -0.677. The van der Waals surface area contributed by atoms with Crippen molar-refractivity contribution in [2.45, 2.75) is 44.4 Å². The Bertz CT molecular complexity index is 1040. The third kappa shape index (κ3) is 2.05. The van der Waals surface area contributed by atoms with Gasteiger partial charge in [0.2, 0.25) is 5.91 Å². The van der Waals surface area contributed by atoms with E-state index in [1.165, 1.54) is 24.6 Å². The van der Waals surface area contributed by atoms with E-state index in [2.05, 4.69) is 24.0 Å². The van der Waals surface area contributed by atoms with E-state index in [1.54, 1.807) is 6.07 Å². The van der Waals surface area contributed by atoms with Crippen molar-refractivity contribution in [3.8, 4) is 11.3 Å². The van der Waals surface area contributed by atoms with Gasteiger partial charge in [0.15, 0.2) is 0 Å². The molecule has 2 unspecified atom stereocenters. The smallest absolute Gasteiger partial charge is 0.235 e. The SMILES string of the molecule is CC1(C)[C@H]2CC[C@]1(C(=O)N1CC3CC3C1)c1nnc(-c3c(F)cccc3F)cc12. The topological polar surface area (TPSA) is 46.1 Å². The average Bonchev–Trinajstić information content (AvgIpc) is 3.12. The highest BCUT2D eigenvalue weighted by molar-refractivity contribution is 5.92. The van der Waals surface area contributed by atoms with Crippen molar-refractivity contribution < 1.29 is 13.6 Å². The Kier molecular flexibility index (Phi) is 3.26. The van der Waals surface area contributed by atoms with Crippen LogP contribution < -0.4 is 0 Å². The van der Waals surface area contributed by atoms with Crippen LogP contribution in [0.1, 0.15) is 50.3 Å². The normalized spacial score (nSPS) is 33.0. The quantitative estimate of drug-likeness (QED) is 0.771. The summed E-state index contributed by atoms with van der Waals surface area (Å²) in [5, 5.41) is 8.66. The lowest BCUT2D eigenvalue weighted by atomic mass is 9.67. The number of amides is 1. The Morgan fingerprint density at radius 2 is 1.83 bits per heavy atom. The number of carbonyl (C=O) groups is 1. The van der Waals surface area contributed by atoms with Gasteiger partial charge in [-0.3, -0.25) is 4.79 Å². The highest BCUT2D eigenvalue weighted by Crippen LogP contribution is 2.68. The molecule has 2 saturated carbocycles. The van der Waals surface area contributed by atoms with E-state index >= 15 is 0 Å². The zero-order chi connectivity index (χ0) is 20.1. The number of carbonyl (C=O) groups excluding carboxylic acids is 1. The molecule has 3 aliphatic carbocycles. The second-order valence-electron chi connectivity index (χ2n) is 9.81. The summed E-state index contributed by atoms with van der Waals surface area (Å²) in [6, 6.07) is 5.57. The maximum Gasteiger partial charge on any atom is 0.235 e. The summed E-state index contributed by atoms with van der Waals surface area (Å²) in [6.45, 7) is 6.00. The molecule has 0 spiro atoms. The van der Waals surface area contributed by atoms with E-state index in [4.69, 9.17) is 0 Å². The first kappa shape index (κ1) is 17.5. The fourth-order valence-corrected chi connectivity index (χ4v) is 6.50. The number of hydrogen-bond donors (Lipinski definition) is 0. The van der Waals surface area contributed by atoms with Gasteiger partial charge in [0.25, 0.3) is 0 Å². The predicted octanol–water partition coefficient (Wildman–Crippen LogP) is 4.06. The van der Waals surface area contributed by atoms with E-state index in [0.717, 1.165) is 37.2 Å². The van der Waals surface area contributed by atoms with Crippen molar-refractivity contribution in [2.75, 3.05) is 13.1 Å². The van der Waals surface area contributed by atoms with Crippen LogP contribution in [-0.2, 0) is 10.2 Å². The zero-order valence-electron chi connectivity index (χ0n) is 16.6. The van der Waals surface area contributed by atoms with Gasteiger partial charge in [0.05, 0.1) is 22.4 Å². The number of rotatable bonds is 2. The molecule has 150 valence electrons. The first-order valence-corrected chi connectivity index (χ1v) is 10.5. The lowest BCUT2D eigenvalue weighted by Gasteiger charge is -2.39. The fourth-order valence-electron chi connectivity index (χ4n) is 6.50. The molecule has 6 heteroatoms. The van der Waals surface area contributed by atoms with Crippen molar-refractivity contribution in [2.24, 2.45) is 17.3 Å². The number of halogens is 2. The van der Waals surface area contributed by atoms with Crippen molar-refractivity contribution in [1.29, 1.82) is 0 Å². The number of fused-ring (bicyclic) bond motifs is 6. The van der Waals surface area contributed by atoms with Crippen LogP contribution in [0.5, 0.6) is 0 Å². The molecule has 3 fully saturated rings. The van der Waals surface area contributed by atoms with Gasteiger partial charge in [0.1, 0.15) is 11.6 Å². The molecule has 6 rings (SSSR count). The van der Waals surface area contributed by atoms with Crippen LogP contribution >= 0.6 is 0 Å². The Morgan fingerprint density at radius 3 is 2.52 bits per heavy atom. The Morgan fingerprint density at radius 1 is 1.14 bits per heavy atom. The van der Waals surface area contributed by atoms with E-state index in [9.17, 15) is 13.6 Å². The molecule has 4 nitrogen and oxygen atoms in total. The monoisotopic (exact) mass is 395 g/mol. The van der Waals surface area contributed by atoms with Crippen LogP contribution in [0.25, 0.3) is 11.3 Å². The highest BCUT2D eigenvalue weighted by atomic mass is 19.1. The molecule has 1 aliphatic heterocycles. The fraction of sp³-hybridized carbons (Fsp3) is 0.522. The molecular weight excluding hydrogens is 372 g/mol. The zero-order valence-corrected chi connectivity index (χ0v) is 16.6. The number of likely N-dealkylation sites (tertiary alicyclic amines) is 1. The van der Waals surface area contributed by atoms with Crippen LogP contribution in [0, 0.1) is 28.9 Å². The van der Waals surface area contributed by atoms with Gasteiger partial charge >= 0.3 is 0 Å². The molecule has 4 atom stereocenters. The summed E-state index contributed by atoms with van der Waals surface area (Å²) >= 11 is 0. The maximum atomic E-state index is 14.3. The molecule has 2 aromatic rings. The summed E-state index contributed by atoms with van der Waals surface area (Å²) in [5.74, 6) is 0.369. The number of aromatic nitrogens is 2. The third-order valence-electron chi connectivity index (χ3n) is 8.23. The Balaban J connectivity index is 1.47. The molecule has 0 radical (unpaired) electrons. The number of benzene rings is 1. The van der Waals surface area contributed by atoms with Crippen molar-refractivity contribution in [1.82, 2.24) is 15.1 Å². The van der Waals surface area contributed by atoms with E-state index in [0.29, 0.717) is 11.8 Å². The molecular formula is C23H23F2N3O. The molecule has 29 heavy (non-hydrogen) atoms. The Labute approximate surface area is 168 Å². The second kappa shape index (κ2) is 5.41. The van der Waals surface area contributed by atoms with Gasteiger partial charge < -0.3 is 4.90 Å². The van der Waals surface area contributed by atoms with Gasteiger partial charge in [-0.2, -0.15) is 5.10 Å². The lowest BCUT2D eigenvalue weighted by Crippen LogP contribution is -2.51. The van der Waals surface area contributed by atoms with Gasteiger partial charge in [-0.25, -0.2) is 8.78 Å². The number of nitrogens with zero attached hydrogens (tertiary/aromatic N) is 3. The second-order valence-corrected chi connectivity index (χ2v) is 9.81. The molecule has 2 bridgehead atoms. The number of piperidine rings is 1. The molecule has 0 N–H and O–H groups in total. The van der Waals surface area contributed by atoms with E-state index in [-0.39, 0.29) is 28.5 Å². The van der Waals surface area contributed by atoms with Gasteiger partial charge in [-0.1, -0.05) is 19.9 Å². The van der Waals surface area contributed by atoms with Crippen LogP contribution in [0.2, 0.25) is 0 Å². The minimum Gasteiger partial charge on any atom is -0.341 e. The molecule has 1 aromatic heterocycles. The van der Waals surface area contributed by atoms with Gasteiger partial charge in [0, 0.05) is 13.1 Å². The van der Waals surface area contributed by atoms with Crippen molar-refractivity contribution >= 4 is 5.91 Å². The summed E-state index contributed by atoms with van der Waals surface area (Å²) < 4.78 is 28.6. The summed E-state index contributed by atoms with van der Waals surface area (Å²) in [4.78, 5) is 15.8. The Hall–Kier alpha value is -2.37. The summed E-state index contributed by atoms with van der Waals surface area (Å²) in [6.07, 6.45) is 2.90. The maximum absolute atomic E-state index is 14.3. The van der Waals surface area contributed by atoms with Crippen LogP contribution in [0.3, 0.4) is 0 Å². The average molecular weight is 395 g/mol. The molecule has 1 saturated heterocycles. The first-order chi connectivity index (χ1) is 13.8. The highest BCUT2D eigenvalue weighted by Gasteiger charge is 2.68.